The molecule has 0 spiro atoms. The summed E-state index contributed by atoms with van der Waals surface area (Å²) in [4.78, 5) is 14.3. The van der Waals surface area contributed by atoms with Gasteiger partial charge in [0.25, 0.3) is 0 Å². The van der Waals surface area contributed by atoms with Crippen LogP contribution in [0, 0.1) is 0 Å². The molecule has 1 heterocycles. The van der Waals surface area contributed by atoms with Crippen molar-refractivity contribution in [1.29, 1.82) is 0 Å². The van der Waals surface area contributed by atoms with E-state index in [-0.39, 0.29) is 11.9 Å². The van der Waals surface area contributed by atoms with Gasteiger partial charge >= 0.3 is 0 Å². The van der Waals surface area contributed by atoms with Gasteiger partial charge in [-0.25, -0.2) is 0 Å². The van der Waals surface area contributed by atoms with E-state index in [4.69, 9.17) is 22.1 Å². The van der Waals surface area contributed by atoms with Crippen LogP contribution in [0.4, 0.5) is 0 Å². The third-order valence-corrected chi connectivity index (χ3v) is 4.79. The molecule has 0 radical (unpaired) electrons. The summed E-state index contributed by atoms with van der Waals surface area (Å²) in [6.07, 6.45) is 2.35. The molecule has 5 heteroatoms. The fourth-order valence-electron chi connectivity index (χ4n) is 3.04. The first-order valence-electron chi connectivity index (χ1n) is 8.60. The van der Waals surface area contributed by atoms with Crippen molar-refractivity contribution in [2.45, 2.75) is 31.9 Å². The van der Waals surface area contributed by atoms with Gasteiger partial charge in [0.2, 0.25) is 5.91 Å². The first kappa shape index (κ1) is 17.8. The van der Waals surface area contributed by atoms with E-state index in [2.05, 4.69) is 0 Å². The molecule has 0 bridgehead atoms. The van der Waals surface area contributed by atoms with Gasteiger partial charge in [0.05, 0.1) is 6.42 Å². The summed E-state index contributed by atoms with van der Waals surface area (Å²) in [7, 11) is 0. The van der Waals surface area contributed by atoms with E-state index in [1.54, 1.807) is 0 Å². The molecule has 2 aromatic rings. The molecule has 132 valence electrons. The second-order valence-electron chi connectivity index (χ2n) is 6.45. The number of nitrogens with zero attached hydrogens (tertiary/aromatic N) is 1. The number of ether oxygens (including phenoxy) is 1. The van der Waals surface area contributed by atoms with E-state index in [1.165, 1.54) is 0 Å². The van der Waals surface area contributed by atoms with Gasteiger partial charge in [-0.05, 0) is 36.6 Å². The number of nitrogens with two attached hydrogens (primary N) is 1. The standard InChI is InChI=1S/C20H23ClN2O2/c21-19-9-2-1-6-16(19)14-25-18-8-3-5-15(11-18)12-20(24)23-10-4-7-17(22)13-23/h1-3,5-6,8-9,11,17H,4,7,10,12-14,22H2. The minimum atomic E-state index is 0.1000. The highest BCUT2D eigenvalue weighted by atomic mass is 35.5. The number of hydrogen-bond acceptors (Lipinski definition) is 3. The zero-order chi connectivity index (χ0) is 17.6. The first-order chi connectivity index (χ1) is 12.1. The van der Waals surface area contributed by atoms with Crippen LogP contribution in [0.5, 0.6) is 5.75 Å². The molecule has 1 amide bonds. The second-order valence-corrected chi connectivity index (χ2v) is 6.85. The quantitative estimate of drug-likeness (QED) is 0.891. The Labute approximate surface area is 153 Å². The molecule has 0 aliphatic carbocycles. The van der Waals surface area contributed by atoms with Crippen LogP contribution in [-0.4, -0.2) is 29.9 Å². The Bertz CT molecular complexity index is 735. The van der Waals surface area contributed by atoms with Gasteiger partial charge in [-0.2, -0.15) is 0 Å². The van der Waals surface area contributed by atoms with Gasteiger partial charge in [0.15, 0.2) is 0 Å². The normalized spacial score (nSPS) is 17.4. The molecule has 2 aromatic carbocycles. The highest BCUT2D eigenvalue weighted by Gasteiger charge is 2.21. The zero-order valence-corrected chi connectivity index (χ0v) is 14.9. The average molecular weight is 359 g/mol. The van der Waals surface area contributed by atoms with Gasteiger partial charge in [-0.3, -0.25) is 4.79 Å². The lowest BCUT2D eigenvalue weighted by molar-refractivity contribution is -0.131. The molecule has 1 unspecified atom stereocenters. The predicted octanol–water partition coefficient (Wildman–Crippen LogP) is 3.41. The van der Waals surface area contributed by atoms with Gasteiger partial charge in [0, 0.05) is 29.7 Å². The largest absolute Gasteiger partial charge is 0.489 e. The zero-order valence-electron chi connectivity index (χ0n) is 14.2. The van der Waals surface area contributed by atoms with Crippen molar-refractivity contribution < 1.29 is 9.53 Å². The minimum Gasteiger partial charge on any atom is -0.489 e. The number of likely N-dealkylation sites (tertiary alicyclic amines) is 1. The first-order valence-corrected chi connectivity index (χ1v) is 8.98. The Morgan fingerprint density at radius 3 is 2.88 bits per heavy atom. The molecule has 2 N–H and O–H groups in total. The van der Waals surface area contributed by atoms with E-state index >= 15 is 0 Å². The fraction of sp³-hybridized carbons (Fsp3) is 0.350. The van der Waals surface area contributed by atoms with Crippen molar-refractivity contribution >= 4 is 17.5 Å². The Kier molecular flexibility index (Phi) is 5.95. The molecular weight excluding hydrogens is 336 g/mol. The van der Waals surface area contributed by atoms with Crippen LogP contribution in [0.15, 0.2) is 48.5 Å². The molecule has 1 aliphatic heterocycles. The van der Waals surface area contributed by atoms with Gasteiger partial charge in [-0.15, -0.1) is 0 Å². The van der Waals surface area contributed by atoms with Crippen molar-refractivity contribution in [3.05, 3.63) is 64.7 Å². The van der Waals surface area contributed by atoms with Gasteiger partial charge in [0.1, 0.15) is 12.4 Å². The molecule has 1 saturated heterocycles. The summed E-state index contributed by atoms with van der Waals surface area (Å²) in [6, 6.07) is 15.4. The predicted molar refractivity (Wildman–Crippen MR) is 99.7 cm³/mol. The Hall–Kier alpha value is -2.04. The van der Waals surface area contributed by atoms with Crippen molar-refractivity contribution in [1.82, 2.24) is 4.90 Å². The monoisotopic (exact) mass is 358 g/mol. The Morgan fingerprint density at radius 2 is 2.08 bits per heavy atom. The second kappa shape index (κ2) is 8.37. The fourth-order valence-corrected chi connectivity index (χ4v) is 3.23. The number of hydrogen-bond donors (Lipinski definition) is 1. The lowest BCUT2D eigenvalue weighted by Gasteiger charge is -2.30. The molecule has 4 nitrogen and oxygen atoms in total. The Morgan fingerprint density at radius 1 is 1.24 bits per heavy atom. The van der Waals surface area contributed by atoms with Crippen LogP contribution in [0.1, 0.15) is 24.0 Å². The molecule has 3 rings (SSSR count). The molecule has 25 heavy (non-hydrogen) atoms. The number of rotatable bonds is 5. The van der Waals surface area contributed by atoms with E-state index in [1.807, 2.05) is 53.4 Å². The highest BCUT2D eigenvalue weighted by molar-refractivity contribution is 6.31. The summed E-state index contributed by atoms with van der Waals surface area (Å²) in [5.74, 6) is 0.860. The third kappa shape index (κ3) is 4.97. The molecule has 1 aliphatic rings. The maximum absolute atomic E-state index is 12.5. The topological polar surface area (TPSA) is 55.6 Å². The lowest BCUT2D eigenvalue weighted by atomic mass is 10.0. The molecule has 0 saturated carbocycles. The summed E-state index contributed by atoms with van der Waals surface area (Å²) in [5, 5.41) is 0.690. The lowest BCUT2D eigenvalue weighted by Crippen LogP contribution is -2.46. The van der Waals surface area contributed by atoms with Crippen LogP contribution in [0.25, 0.3) is 0 Å². The number of carbonyl (C=O) groups is 1. The number of halogens is 1. The maximum Gasteiger partial charge on any atom is 0.227 e. The summed E-state index contributed by atoms with van der Waals surface area (Å²) in [5.41, 5.74) is 7.85. The molecule has 0 aromatic heterocycles. The van der Waals surface area contributed by atoms with E-state index < -0.39 is 0 Å². The van der Waals surface area contributed by atoms with Crippen molar-refractivity contribution in [3.63, 3.8) is 0 Å². The van der Waals surface area contributed by atoms with Gasteiger partial charge in [-0.1, -0.05) is 41.9 Å². The smallest absolute Gasteiger partial charge is 0.227 e. The van der Waals surface area contributed by atoms with E-state index in [0.717, 1.165) is 36.3 Å². The van der Waals surface area contributed by atoms with E-state index in [0.29, 0.717) is 24.6 Å². The number of amides is 1. The van der Waals surface area contributed by atoms with Crippen LogP contribution >= 0.6 is 11.6 Å². The van der Waals surface area contributed by atoms with Crippen LogP contribution in [0.3, 0.4) is 0 Å². The van der Waals surface area contributed by atoms with Crippen LogP contribution < -0.4 is 10.5 Å². The SMILES string of the molecule is NC1CCCN(C(=O)Cc2cccc(OCc3ccccc3Cl)c2)C1. The summed E-state index contributed by atoms with van der Waals surface area (Å²) in [6.45, 7) is 1.86. The van der Waals surface area contributed by atoms with Crippen molar-refractivity contribution in [3.8, 4) is 5.75 Å². The third-order valence-electron chi connectivity index (χ3n) is 4.42. The number of benzene rings is 2. The molecule has 1 atom stereocenters. The minimum absolute atomic E-state index is 0.1000. The van der Waals surface area contributed by atoms with Crippen LogP contribution in [0.2, 0.25) is 5.02 Å². The van der Waals surface area contributed by atoms with E-state index in [9.17, 15) is 4.79 Å². The maximum atomic E-state index is 12.5. The number of carbonyl (C=O) groups excluding carboxylic acids is 1. The molecular formula is C20H23ClN2O2. The van der Waals surface area contributed by atoms with Crippen molar-refractivity contribution in [2.75, 3.05) is 13.1 Å². The molecule has 1 fully saturated rings. The van der Waals surface area contributed by atoms with Crippen molar-refractivity contribution in [2.24, 2.45) is 5.73 Å². The highest BCUT2D eigenvalue weighted by Crippen LogP contribution is 2.20. The Balaban J connectivity index is 1.59. The number of piperidine rings is 1. The van der Waals surface area contributed by atoms with Gasteiger partial charge < -0.3 is 15.4 Å². The summed E-state index contributed by atoms with van der Waals surface area (Å²) >= 11 is 6.15. The summed E-state index contributed by atoms with van der Waals surface area (Å²) < 4.78 is 5.83. The average Bonchev–Trinajstić information content (AvgIpc) is 2.61. The van der Waals surface area contributed by atoms with Crippen LogP contribution in [-0.2, 0) is 17.8 Å².